The van der Waals surface area contributed by atoms with Gasteiger partial charge in [-0.3, -0.25) is 0 Å². The molecule has 0 atom stereocenters. The van der Waals surface area contributed by atoms with Gasteiger partial charge in [0.05, 0.1) is 0 Å². The third kappa shape index (κ3) is 9.77. The van der Waals surface area contributed by atoms with Crippen molar-refractivity contribution in [3.8, 4) is 0 Å². The molecule has 122 valence electrons. The molecule has 20 heavy (non-hydrogen) atoms. The highest BCUT2D eigenvalue weighted by Crippen LogP contribution is 2.26. The fraction of sp³-hybridized carbons (Fsp3) is 1.00. The molecule has 0 saturated heterocycles. The lowest BCUT2D eigenvalue weighted by Crippen LogP contribution is -2.41. The first kappa shape index (κ1) is 19.9. The molecule has 0 amide bonds. The van der Waals surface area contributed by atoms with Crippen molar-refractivity contribution in [1.29, 1.82) is 0 Å². The van der Waals surface area contributed by atoms with Crippen LogP contribution < -0.4 is 5.48 Å². The van der Waals surface area contributed by atoms with Crippen LogP contribution >= 0.6 is 0 Å². The zero-order valence-electron chi connectivity index (χ0n) is 14.3. The van der Waals surface area contributed by atoms with E-state index in [1.54, 1.807) is 0 Å². The van der Waals surface area contributed by atoms with E-state index in [-0.39, 0.29) is 5.54 Å². The van der Waals surface area contributed by atoms with Gasteiger partial charge in [0, 0.05) is 5.54 Å². The van der Waals surface area contributed by atoms with Gasteiger partial charge in [-0.1, -0.05) is 91.4 Å². The van der Waals surface area contributed by atoms with Gasteiger partial charge in [0.2, 0.25) is 0 Å². The second kappa shape index (κ2) is 13.9. The number of nitrogens with one attached hydrogen (secondary N) is 1. The van der Waals surface area contributed by atoms with Gasteiger partial charge in [-0.25, -0.2) is 0 Å². The molecule has 0 aromatic heterocycles. The van der Waals surface area contributed by atoms with Crippen LogP contribution in [0.4, 0.5) is 0 Å². The maximum atomic E-state index is 11.3. The summed E-state index contributed by atoms with van der Waals surface area (Å²) in [7, 11) is 0. The Morgan fingerprint density at radius 3 is 1.45 bits per heavy atom. The van der Waals surface area contributed by atoms with Crippen LogP contribution in [0.15, 0.2) is 0 Å². The van der Waals surface area contributed by atoms with E-state index in [4.69, 9.17) is 0 Å². The SMILES string of the molecule is CCCCCCCCCCCC(CCC)(CCC)N[O-]. The van der Waals surface area contributed by atoms with E-state index in [1.807, 2.05) is 0 Å². The van der Waals surface area contributed by atoms with Crippen LogP contribution in [-0.4, -0.2) is 5.54 Å². The van der Waals surface area contributed by atoms with Crippen molar-refractivity contribution in [1.82, 2.24) is 5.48 Å². The molecule has 0 aliphatic carbocycles. The van der Waals surface area contributed by atoms with Crippen LogP contribution in [-0.2, 0) is 0 Å². The predicted octanol–water partition coefficient (Wildman–Crippen LogP) is 6.33. The molecule has 0 aromatic rings. The van der Waals surface area contributed by atoms with Gasteiger partial charge in [-0.2, -0.15) is 0 Å². The Morgan fingerprint density at radius 2 is 1.05 bits per heavy atom. The van der Waals surface area contributed by atoms with Crippen molar-refractivity contribution in [2.45, 2.75) is 116 Å². The Hall–Kier alpha value is -0.0800. The number of unbranched alkanes of at least 4 members (excludes halogenated alkanes) is 8. The van der Waals surface area contributed by atoms with Crippen LogP contribution in [0.5, 0.6) is 0 Å². The molecule has 0 fully saturated rings. The first-order valence-electron chi connectivity index (χ1n) is 9.14. The van der Waals surface area contributed by atoms with Gasteiger partial charge in [0.15, 0.2) is 0 Å². The van der Waals surface area contributed by atoms with Crippen molar-refractivity contribution in [2.75, 3.05) is 0 Å². The first-order chi connectivity index (χ1) is 9.74. The number of hydrogen-bond donors (Lipinski definition) is 1. The molecule has 1 N–H and O–H groups in total. The topological polar surface area (TPSA) is 35.1 Å². The van der Waals surface area contributed by atoms with E-state index >= 15 is 0 Å². The lowest BCUT2D eigenvalue weighted by Gasteiger charge is -2.38. The predicted molar refractivity (Wildman–Crippen MR) is 90.9 cm³/mol. The van der Waals surface area contributed by atoms with Crippen molar-refractivity contribution in [3.05, 3.63) is 5.21 Å². The highest BCUT2D eigenvalue weighted by molar-refractivity contribution is 4.87. The van der Waals surface area contributed by atoms with E-state index in [0.29, 0.717) is 0 Å². The summed E-state index contributed by atoms with van der Waals surface area (Å²) in [5.41, 5.74) is 2.27. The maximum absolute atomic E-state index is 11.3. The summed E-state index contributed by atoms with van der Waals surface area (Å²) in [6.07, 6.45) is 17.5. The smallest absolute Gasteiger partial charge is 0.00654 e. The minimum absolute atomic E-state index is 0.120. The Morgan fingerprint density at radius 1 is 0.600 bits per heavy atom. The molecule has 0 unspecified atom stereocenters. The molecule has 0 bridgehead atoms. The van der Waals surface area contributed by atoms with E-state index in [1.165, 1.54) is 57.8 Å². The normalized spacial score (nSPS) is 12.0. The molecule has 0 aromatic carbocycles. The fourth-order valence-corrected chi connectivity index (χ4v) is 3.26. The molecule has 0 aliphatic rings. The van der Waals surface area contributed by atoms with E-state index in [2.05, 4.69) is 26.3 Å². The summed E-state index contributed by atoms with van der Waals surface area (Å²) in [6.45, 7) is 6.62. The van der Waals surface area contributed by atoms with Crippen LogP contribution in [0.25, 0.3) is 0 Å². The van der Waals surface area contributed by atoms with E-state index < -0.39 is 0 Å². The van der Waals surface area contributed by atoms with Gasteiger partial charge >= 0.3 is 0 Å². The van der Waals surface area contributed by atoms with Gasteiger partial charge < -0.3 is 10.7 Å². The van der Waals surface area contributed by atoms with Crippen LogP contribution in [0, 0.1) is 5.21 Å². The Kier molecular flexibility index (Phi) is 13.8. The number of hydrogen-bond acceptors (Lipinski definition) is 2. The minimum Gasteiger partial charge on any atom is -0.787 e. The molecular weight excluding hydrogens is 246 g/mol. The van der Waals surface area contributed by atoms with Crippen LogP contribution in [0.3, 0.4) is 0 Å². The molecule has 0 aliphatic heterocycles. The zero-order valence-corrected chi connectivity index (χ0v) is 14.3. The summed E-state index contributed by atoms with van der Waals surface area (Å²) in [5, 5.41) is 11.3. The minimum atomic E-state index is -0.120. The van der Waals surface area contributed by atoms with E-state index in [0.717, 1.165) is 32.1 Å². The zero-order chi connectivity index (χ0) is 15.1. The summed E-state index contributed by atoms with van der Waals surface area (Å²) in [6, 6.07) is 0. The van der Waals surface area contributed by atoms with Crippen molar-refractivity contribution < 1.29 is 0 Å². The van der Waals surface area contributed by atoms with Gasteiger partial charge in [-0.15, -0.1) is 0 Å². The highest BCUT2D eigenvalue weighted by Gasteiger charge is 2.23. The number of hydroxylamine groups is 1. The second-order valence-electron chi connectivity index (χ2n) is 6.46. The second-order valence-corrected chi connectivity index (χ2v) is 6.46. The average molecular weight is 285 g/mol. The van der Waals surface area contributed by atoms with Crippen LogP contribution in [0.2, 0.25) is 0 Å². The lowest BCUT2D eigenvalue weighted by atomic mass is 9.84. The molecular formula is C18H38NO-. The van der Waals surface area contributed by atoms with Crippen molar-refractivity contribution >= 4 is 0 Å². The Balaban J connectivity index is 3.62. The Bertz CT molecular complexity index is 188. The fourth-order valence-electron chi connectivity index (χ4n) is 3.26. The number of rotatable bonds is 15. The standard InChI is InChI=1S/C18H38NO/c1-4-7-8-9-10-11-12-13-14-17-18(19-20,15-5-2)16-6-3/h19H,4-17H2,1-3H3/q-1. The lowest BCUT2D eigenvalue weighted by molar-refractivity contribution is 0.276. The molecule has 0 radical (unpaired) electrons. The monoisotopic (exact) mass is 284 g/mol. The van der Waals surface area contributed by atoms with Gasteiger partial charge in [0.1, 0.15) is 0 Å². The van der Waals surface area contributed by atoms with Crippen molar-refractivity contribution in [2.24, 2.45) is 0 Å². The Labute approximate surface area is 127 Å². The van der Waals surface area contributed by atoms with Crippen LogP contribution in [0.1, 0.15) is 111 Å². The molecule has 2 heteroatoms. The molecule has 0 heterocycles. The third-order valence-electron chi connectivity index (χ3n) is 4.43. The third-order valence-corrected chi connectivity index (χ3v) is 4.43. The quantitative estimate of drug-likeness (QED) is 0.281. The molecule has 0 saturated carbocycles. The summed E-state index contributed by atoms with van der Waals surface area (Å²) in [5.74, 6) is 0. The average Bonchev–Trinajstić information content (AvgIpc) is 2.46. The summed E-state index contributed by atoms with van der Waals surface area (Å²) in [4.78, 5) is 0. The molecule has 2 nitrogen and oxygen atoms in total. The van der Waals surface area contributed by atoms with Crippen molar-refractivity contribution in [3.63, 3.8) is 0 Å². The summed E-state index contributed by atoms with van der Waals surface area (Å²) < 4.78 is 0. The molecule has 0 rings (SSSR count). The van der Waals surface area contributed by atoms with Gasteiger partial charge in [-0.05, 0) is 19.3 Å². The molecule has 0 spiro atoms. The summed E-state index contributed by atoms with van der Waals surface area (Å²) >= 11 is 0. The largest absolute Gasteiger partial charge is 0.787 e. The maximum Gasteiger partial charge on any atom is 0.00654 e. The highest BCUT2D eigenvalue weighted by atomic mass is 16.5. The first-order valence-corrected chi connectivity index (χ1v) is 9.14. The van der Waals surface area contributed by atoms with Gasteiger partial charge in [0.25, 0.3) is 0 Å². The van der Waals surface area contributed by atoms with E-state index in [9.17, 15) is 5.21 Å².